The van der Waals surface area contributed by atoms with E-state index < -0.39 is 53.7 Å². The zero-order valence-electron chi connectivity index (χ0n) is 18.4. The first kappa shape index (κ1) is 25.0. The third-order valence-electron chi connectivity index (χ3n) is 7.24. The van der Waals surface area contributed by atoms with Gasteiger partial charge in [-0.25, -0.2) is 9.18 Å². The van der Waals surface area contributed by atoms with Crippen LogP contribution in [0.5, 0.6) is 0 Å². The molecule has 1 saturated carbocycles. The van der Waals surface area contributed by atoms with Crippen molar-refractivity contribution in [3.63, 3.8) is 0 Å². The number of aromatic nitrogens is 2. The summed E-state index contributed by atoms with van der Waals surface area (Å²) in [6.45, 7) is 2.71. The smallest absolute Gasteiger partial charge is 0.327 e. The highest BCUT2D eigenvalue weighted by Gasteiger charge is 2.61. The van der Waals surface area contributed by atoms with Gasteiger partial charge in [0, 0.05) is 18.6 Å². The average Bonchev–Trinajstić information content (AvgIpc) is 3.39. The number of nitrogens with two attached hydrogens (primary N) is 1. The molecule has 1 aliphatic heterocycles. The van der Waals surface area contributed by atoms with Gasteiger partial charge in [-0.2, -0.15) is 26.3 Å². The minimum atomic E-state index is -5.56. The first-order chi connectivity index (χ1) is 15.6. The van der Waals surface area contributed by atoms with E-state index in [2.05, 4.69) is 4.98 Å². The number of rotatable bonds is 4. The lowest BCUT2D eigenvalue weighted by Gasteiger charge is -2.36. The molecule has 0 spiro atoms. The highest BCUT2D eigenvalue weighted by molar-refractivity contribution is 5.62. The quantitative estimate of drug-likeness (QED) is 0.614. The summed E-state index contributed by atoms with van der Waals surface area (Å²) < 4.78 is 96.0. The lowest BCUT2D eigenvalue weighted by atomic mass is 9.87. The molecule has 6 nitrogen and oxygen atoms in total. The molecule has 3 N–H and O–H groups in total. The molecule has 4 unspecified atom stereocenters. The van der Waals surface area contributed by atoms with E-state index in [1.54, 1.807) is 6.92 Å². The Hall–Kier alpha value is -2.15. The molecule has 190 valence electrons. The van der Waals surface area contributed by atoms with Crippen molar-refractivity contribution in [1.82, 2.24) is 14.5 Å². The Morgan fingerprint density at radius 1 is 1.00 bits per heavy atom. The number of halogens is 7. The molecule has 0 bridgehead atoms. The predicted molar refractivity (Wildman–Crippen MR) is 109 cm³/mol. The van der Waals surface area contributed by atoms with Crippen LogP contribution in [-0.4, -0.2) is 58.1 Å². The Morgan fingerprint density at radius 3 is 2.12 bits per heavy atom. The molecule has 13 heteroatoms. The highest BCUT2D eigenvalue weighted by atomic mass is 19.4. The Bertz CT molecular complexity index is 1200. The summed E-state index contributed by atoms with van der Waals surface area (Å²) in [7, 11) is 0. The molecule has 1 aromatic heterocycles. The van der Waals surface area contributed by atoms with Gasteiger partial charge in [-0.15, -0.1) is 0 Å². The zero-order chi connectivity index (χ0) is 25.3. The highest BCUT2D eigenvalue weighted by Crippen LogP contribution is 2.44. The summed E-state index contributed by atoms with van der Waals surface area (Å²) in [6, 6.07) is -3.43. The summed E-state index contributed by atoms with van der Waals surface area (Å²) in [4.78, 5) is 28.7. The maximum Gasteiger partial charge on any atom is 0.402 e. The molecular weight excluding hydrogens is 473 g/mol. The molecule has 34 heavy (non-hydrogen) atoms. The summed E-state index contributed by atoms with van der Waals surface area (Å²) in [5, 5.41) is 0.332. The fraction of sp³-hybridized carbons (Fsp3) is 0.714. The van der Waals surface area contributed by atoms with Gasteiger partial charge in [-0.05, 0) is 56.7 Å². The number of nitrogens with zero attached hydrogens (tertiary/aromatic N) is 2. The van der Waals surface area contributed by atoms with E-state index >= 15 is 4.39 Å². The Morgan fingerprint density at radius 2 is 1.59 bits per heavy atom. The van der Waals surface area contributed by atoms with Crippen LogP contribution in [0.1, 0.15) is 39.2 Å². The molecule has 2 aliphatic carbocycles. The third-order valence-corrected chi connectivity index (χ3v) is 7.24. The van der Waals surface area contributed by atoms with Crippen LogP contribution in [0.4, 0.5) is 30.7 Å². The molecule has 1 saturated heterocycles. The molecule has 0 aromatic carbocycles. The fourth-order valence-corrected chi connectivity index (χ4v) is 5.45. The van der Waals surface area contributed by atoms with Crippen LogP contribution in [0.15, 0.2) is 9.59 Å². The Labute approximate surface area is 188 Å². The van der Waals surface area contributed by atoms with Crippen molar-refractivity contribution < 1.29 is 30.7 Å². The lowest BCUT2D eigenvalue weighted by Crippen LogP contribution is -2.61. The van der Waals surface area contributed by atoms with Crippen molar-refractivity contribution in [2.45, 2.75) is 69.8 Å². The van der Waals surface area contributed by atoms with Gasteiger partial charge in [0.05, 0.1) is 16.6 Å². The minimum absolute atomic E-state index is 0.0304. The number of likely N-dealkylation sites (tertiary alicyclic amines) is 1. The second-order valence-electron chi connectivity index (χ2n) is 9.48. The van der Waals surface area contributed by atoms with Crippen LogP contribution >= 0.6 is 0 Å². The number of alkyl halides is 7. The fourth-order valence-electron chi connectivity index (χ4n) is 5.45. The monoisotopic (exact) mass is 498 g/mol. The summed E-state index contributed by atoms with van der Waals surface area (Å²) in [6.07, 6.45) is -11.5. The van der Waals surface area contributed by atoms with Crippen LogP contribution in [0, 0.1) is 11.8 Å². The van der Waals surface area contributed by atoms with E-state index in [9.17, 15) is 35.9 Å². The van der Waals surface area contributed by atoms with Crippen LogP contribution in [-0.2, 0) is 0 Å². The number of hydrogen-bond donors (Lipinski definition) is 2. The molecular formula is C21H25F7N4O2. The van der Waals surface area contributed by atoms with Gasteiger partial charge in [0.15, 0.2) is 5.92 Å². The largest absolute Gasteiger partial charge is 0.402 e. The molecule has 2 fully saturated rings. The van der Waals surface area contributed by atoms with Crippen molar-refractivity contribution in [2.75, 3.05) is 13.1 Å². The van der Waals surface area contributed by atoms with Crippen LogP contribution in [0.2, 0.25) is 0 Å². The van der Waals surface area contributed by atoms with E-state index in [0.717, 1.165) is 0 Å². The van der Waals surface area contributed by atoms with Crippen molar-refractivity contribution in [3.8, 4) is 0 Å². The van der Waals surface area contributed by atoms with Crippen molar-refractivity contribution in [3.05, 3.63) is 31.4 Å². The van der Waals surface area contributed by atoms with E-state index in [1.807, 2.05) is 0 Å². The van der Waals surface area contributed by atoms with Gasteiger partial charge in [-0.1, -0.05) is 0 Å². The summed E-state index contributed by atoms with van der Waals surface area (Å²) in [5.41, 5.74) is 4.57. The molecule has 4 atom stereocenters. The number of nitrogens with one attached hydrogen (secondary N) is 1. The number of H-pyrrole nitrogens is 1. The van der Waals surface area contributed by atoms with Gasteiger partial charge in [-0.3, -0.25) is 19.2 Å². The third kappa shape index (κ3) is 4.10. The summed E-state index contributed by atoms with van der Waals surface area (Å²) in [5.74, 6) is -4.85. The topological polar surface area (TPSA) is 84.1 Å². The number of aromatic amines is 1. The predicted octanol–water partition coefficient (Wildman–Crippen LogP) is 1.32. The minimum Gasteiger partial charge on any atom is -0.327 e. The van der Waals surface area contributed by atoms with E-state index in [1.165, 1.54) is 16.4 Å². The number of hydrogen-bond acceptors (Lipinski definition) is 4. The molecule has 0 amide bonds. The molecule has 3 aliphatic rings. The molecule has 0 radical (unpaired) electrons. The van der Waals surface area contributed by atoms with Crippen LogP contribution in [0.25, 0.3) is 11.1 Å². The van der Waals surface area contributed by atoms with Gasteiger partial charge in [0.25, 0.3) is 5.56 Å². The van der Waals surface area contributed by atoms with Crippen LogP contribution < -0.4 is 27.6 Å². The first-order valence-corrected chi connectivity index (χ1v) is 11.0. The van der Waals surface area contributed by atoms with E-state index in [-0.39, 0.29) is 41.7 Å². The van der Waals surface area contributed by atoms with Gasteiger partial charge in [0.1, 0.15) is 6.17 Å². The average molecular weight is 498 g/mol. The van der Waals surface area contributed by atoms with Crippen molar-refractivity contribution in [2.24, 2.45) is 17.6 Å². The van der Waals surface area contributed by atoms with Crippen molar-refractivity contribution in [1.29, 1.82) is 0 Å². The Balaban J connectivity index is 1.73. The standard InChI is InChI=1S/C21H25F7N4O2/c1-8-12-15(32(11-3-4-11)19(34)30-18(12)33)9(2)16(13(8)22)31-6-5-10(7-31)14(29)17(20(23,24)25)21(26,27)28/h10-11,13-14,16-17H,3-7,29H2,1-2H3,(H,30,33,34). The molecule has 4 rings (SSSR count). The second kappa shape index (κ2) is 8.21. The second-order valence-corrected chi connectivity index (χ2v) is 9.48. The summed E-state index contributed by atoms with van der Waals surface area (Å²) >= 11 is 0. The van der Waals surface area contributed by atoms with Crippen molar-refractivity contribution >= 4 is 11.1 Å². The zero-order valence-corrected chi connectivity index (χ0v) is 18.4. The lowest BCUT2D eigenvalue weighted by molar-refractivity contribution is -0.292. The van der Waals surface area contributed by atoms with Gasteiger partial charge >= 0.3 is 18.0 Å². The normalized spacial score (nSPS) is 27.4. The maximum atomic E-state index is 15.6. The number of fused-ring (bicyclic) bond motifs is 1. The maximum absolute atomic E-state index is 15.6. The molecule has 2 heterocycles. The van der Waals surface area contributed by atoms with E-state index in [0.29, 0.717) is 18.4 Å². The van der Waals surface area contributed by atoms with E-state index in [4.69, 9.17) is 5.73 Å². The van der Waals surface area contributed by atoms with Crippen LogP contribution in [0.3, 0.4) is 0 Å². The first-order valence-electron chi connectivity index (χ1n) is 11.0. The van der Waals surface area contributed by atoms with Gasteiger partial charge in [0.2, 0.25) is 0 Å². The van der Waals surface area contributed by atoms with Gasteiger partial charge < -0.3 is 5.73 Å². The molecule has 1 aromatic rings. The Kier molecular flexibility index (Phi) is 6.03. The SMILES string of the molecule is CC1=c2c(=O)[nH]c(=O)n(C3CC3)c2=C(C)C(N2CCC(C(N)C(C(F)(F)F)C(F)(F)F)C2)C1F.